The zero-order chi connectivity index (χ0) is 13.1. The molecule has 0 N–H and O–H groups in total. The summed E-state index contributed by atoms with van der Waals surface area (Å²) < 4.78 is 31.7. The lowest BCUT2D eigenvalue weighted by atomic mass is 10.2. The molecule has 5 heteroatoms. The zero-order valence-electron chi connectivity index (χ0n) is 8.99. The van der Waals surface area contributed by atoms with Crippen LogP contribution < -0.4 is 4.74 Å². The molecule has 0 aliphatic rings. The van der Waals surface area contributed by atoms with Gasteiger partial charge >= 0.3 is 0 Å². The molecule has 0 amide bonds. The van der Waals surface area contributed by atoms with Gasteiger partial charge in [0.05, 0.1) is 10.6 Å². The van der Waals surface area contributed by atoms with Gasteiger partial charge < -0.3 is 4.74 Å². The molecule has 0 radical (unpaired) electrons. The maximum atomic E-state index is 13.3. The van der Waals surface area contributed by atoms with Crippen molar-refractivity contribution in [1.29, 1.82) is 0 Å². The molecule has 0 aliphatic carbocycles. The molecule has 0 bridgehead atoms. The molecule has 0 fully saturated rings. The number of hydrogen-bond donors (Lipinski definition) is 0. The van der Waals surface area contributed by atoms with Gasteiger partial charge in [0.2, 0.25) is 0 Å². The van der Waals surface area contributed by atoms with Crippen LogP contribution in [0.25, 0.3) is 0 Å². The molecule has 18 heavy (non-hydrogen) atoms. The third-order valence-corrected chi connectivity index (χ3v) is 2.56. The number of aldehydes is 1. The van der Waals surface area contributed by atoms with Crippen LogP contribution in [0.4, 0.5) is 8.78 Å². The first kappa shape index (κ1) is 12.5. The summed E-state index contributed by atoms with van der Waals surface area (Å²) in [5.74, 6) is -1.20. The van der Waals surface area contributed by atoms with Crippen molar-refractivity contribution >= 4 is 17.9 Å². The quantitative estimate of drug-likeness (QED) is 0.779. The predicted molar refractivity (Wildman–Crippen MR) is 63.3 cm³/mol. The lowest BCUT2D eigenvalue weighted by Gasteiger charge is -2.08. The molecule has 0 saturated heterocycles. The lowest BCUT2D eigenvalue weighted by molar-refractivity contribution is 0.111. The van der Waals surface area contributed by atoms with Crippen LogP contribution in [0.15, 0.2) is 36.4 Å². The average Bonchev–Trinajstić information content (AvgIpc) is 2.34. The summed E-state index contributed by atoms with van der Waals surface area (Å²) in [6.07, 6.45) is 0.344. The van der Waals surface area contributed by atoms with E-state index >= 15 is 0 Å². The van der Waals surface area contributed by atoms with Crippen LogP contribution in [0.5, 0.6) is 11.5 Å². The second-order valence-electron chi connectivity index (χ2n) is 3.45. The van der Waals surface area contributed by atoms with Crippen LogP contribution in [-0.4, -0.2) is 6.29 Å². The van der Waals surface area contributed by atoms with E-state index in [0.717, 1.165) is 12.1 Å². The average molecular weight is 269 g/mol. The van der Waals surface area contributed by atoms with Gasteiger partial charge in [-0.05, 0) is 24.3 Å². The van der Waals surface area contributed by atoms with Crippen LogP contribution in [0.3, 0.4) is 0 Å². The Hall–Kier alpha value is -1.94. The van der Waals surface area contributed by atoms with Crippen LogP contribution in [0.1, 0.15) is 10.4 Å². The number of ether oxygens (including phenoxy) is 1. The highest BCUT2D eigenvalue weighted by atomic mass is 35.5. The van der Waals surface area contributed by atoms with Gasteiger partial charge in [0.25, 0.3) is 0 Å². The monoisotopic (exact) mass is 268 g/mol. The maximum absolute atomic E-state index is 13.3. The predicted octanol–water partition coefficient (Wildman–Crippen LogP) is 4.22. The summed E-state index contributed by atoms with van der Waals surface area (Å²) >= 11 is 5.52. The first-order chi connectivity index (χ1) is 8.61. The molecule has 2 aromatic rings. The lowest BCUT2D eigenvalue weighted by Crippen LogP contribution is -1.94. The standard InChI is InChI=1S/C13H7ClF2O2/c14-10-5-4-8(6-12(10)16)18-13-3-1-2-11(15)9(13)7-17/h1-7H. The van der Waals surface area contributed by atoms with E-state index in [1.807, 2.05) is 0 Å². The highest BCUT2D eigenvalue weighted by Gasteiger charge is 2.10. The SMILES string of the molecule is O=Cc1c(F)cccc1Oc1ccc(Cl)c(F)c1. The molecular formula is C13H7ClF2O2. The van der Waals surface area contributed by atoms with E-state index in [-0.39, 0.29) is 22.1 Å². The molecule has 2 aromatic carbocycles. The number of halogens is 3. The molecule has 2 rings (SSSR count). The smallest absolute Gasteiger partial charge is 0.156 e. The number of benzene rings is 2. The Labute approximate surface area is 107 Å². The fourth-order valence-corrected chi connectivity index (χ4v) is 1.51. The topological polar surface area (TPSA) is 26.3 Å². The van der Waals surface area contributed by atoms with Crippen molar-refractivity contribution in [3.8, 4) is 11.5 Å². The molecule has 0 heterocycles. The molecule has 92 valence electrons. The minimum absolute atomic E-state index is 0.0201. The van der Waals surface area contributed by atoms with Gasteiger partial charge in [-0.3, -0.25) is 4.79 Å². The molecule has 0 spiro atoms. The summed E-state index contributed by atoms with van der Waals surface area (Å²) in [5.41, 5.74) is -0.215. The number of hydrogen-bond acceptors (Lipinski definition) is 2. The molecule has 0 aliphatic heterocycles. The number of carbonyl (C=O) groups excluding carboxylic acids is 1. The Morgan fingerprint density at radius 2 is 1.89 bits per heavy atom. The van der Waals surface area contributed by atoms with Gasteiger partial charge in [0.1, 0.15) is 23.1 Å². The summed E-state index contributed by atoms with van der Waals surface area (Å²) in [6, 6.07) is 7.74. The minimum Gasteiger partial charge on any atom is -0.456 e. The van der Waals surface area contributed by atoms with Crippen LogP contribution >= 0.6 is 11.6 Å². The van der Waals surface area contributed by atoms with Crippen LogP contribution in [0, 0.1) is 11.6 Å². The van der Waals surface area contributed by atoms with E-state index in [4.69, 9.17) is 16.3 Å². The van der Waals surface area contributed by atoms with Crippen molar-refractivity contribution in [3.05, 3.63) is 58.6 Å². The molecule has 0 saturated carbocycles. The minimum atomic E-state index is -0.697. The first-order valence-electron chi connectivity index (χ1n) is 4.98. The molecule has 2 nitrogen and oxygen atoms in total. The van der Waals surface area contributed by atoms with E-state index in [2.05, 4.69) is 0 Å². The number of rotatable bonds is 3. The van der Waals surface area contributed by atoms with Gasteiger partial charge in [-0.1, -0.05) is 17.7 Å². The summed E-state index contributed by atoms with van der Waals surface area (Å²) in [6.45, 7) is 0. The van der Waals surface area contributed by atoms with E-state index < -0.39 is 11.6 Å². The molecule has 0 atom stereocenters. The summed E-state index contributed by atoms with van der Waals surface area (Å²) in [5, 5.41) is -0.0443. The highest BCUT2D eigenvalue weighted by Crippen LogP contribution is 2.28. The van der Waals surface area contributed by atoms with Crippen LogP contribution in [-0.2, 0) is 0 Å². The van der Waals surface area contributed by atoms with Crippen molar-refractivity contribution in [2.45, 2.75) is 0 Å². The van der Waals surface area contributed by atoms with Crippen molar-refractivity contribution in [2.24, 2.45) is 0 Å². The summed E-state index contributed by atoms with van der Waals surface area (Å²) in [7, 11) is 0. The fourth-order valence-electron chi connectivity index (χ4n) is 1.39. The molecular weight excluding hydrogens is 262 g/mol. The largest absolute Gasteiger partial charge is 0.456 e. The Bertz CT molecular complexity index is 600. The Morgan fingerprint density at radius 3 is 2.56 bits per heavy atom. The van der Waals surface area contributed by atoms with Gasteiger partial charge in [0, 0.05) is 6.07 Å². The Morgan fingerprint density at radius 1 is 1.11 bits per heavy atom. The third kappa shape index (κ3) is 2.49. The van der Waals surface area contributed by atoms with E-state index in [1.165, 1.54) is 24.3 Å². The van der Waals surface area contributed by atoms with Gasteiger partial charge in [0.15, 0.2) is 6.29 Å². The van der Waals surface area contributed by atoms with Gasteiger partial charge in [-0.25, -0.2) is 8.78 Å². The van der Waals surface area contributed by atoms with E-state index in [1.54, 1.807) is 0 Å². The van der Waals surface area contributed by atoms with Crippen LogP contribution in [0.2, 0.25) is 5.02 Å². The fraction of sp³-hybridized carbons (Fsp3) is 0. The summed E-state index contributed by atoms with van der Waals surface area (Å²) in [4.78, 5) is 10.7. The molecule has 0 unspecified atom stereocenters. The van der Waals surface area contributed by atoms with Crippen molar-refractivity contribution in [1.82, 2.24) is 0 Å². The van der Waals surface area contributed by atoms with Crippen molar-refractivity contribution in [2.75, 3.05) is 0 Å². The maximum Gasteiger partial charge on any atom is 0.156 e. The Balaban J connectivity index is 2.36. The number of carbonyl (C=O) groups is 1. The normalized spacial score (nSPS) is 10.2. The second kappa shape index (κ2) is 5.14. The highest BCUT2D eigenvalue weighted by molar-refractivity contribution is 6.30. The second-order valence-corrected chi connectivity index (χ2v) is 3.85. The van der Waals surface area contributed by atoms with E-state index in [0.29, 0.717) is 6.29 Å². The van der Waals surface area contributed by atoms with E-state index in [9.17, 15) is 13.6 Å². The molecule has 0 aromatic heterocycles. The third-order valence-electron chi connectivity index (χ3n) is 2.25. The first-order valence-corrected chi connectivity index (χ1v) is 5.36. The Kier molecular flexibility index (Phi) is 3.58. The van der Waals surface area contributed by atoms with Crippen molar-refractivity contribution in [3.63, 3.8) is 0 Å². The zero-order valence-corrected chi connectivity index (χ0v) is 9.75. The van der Waals surface area contributed by atoms with Gasteiger partial charge in [-0.15, -0.1) is 0 Å². The van der Waals surface area contributed by atoms with Crippen molar-refractivity contribution < 1.29 is 18.3 Å². The van der Waals surface area contributed by atoms with Gasteiger partial charge in [-0.2, -0.15) is 0 Å².